The zero-order valence-corrected chi connectivity index (χ0v) is 38.1. The zero-order valence-electron chi connectivity index (χ0n) is 38.1. The summed E-state index contributed by atoms with van der Waals surface area (Å²) in [6.07, 6.45) is 3.95. The molecular weight excluding hydrogens is 865 g/mol. The lowest BCUT2D eigenvalue weighted by Gasteiger charge is -2.40. The van der Waals surface area contributed by atoms with Crippen LogP contribution in [0.1, 0.15) is 44.5 Å². The highest BCUT2D eigenvalue weighted by atomic mass is 16.5. The van der Waals surface area contributed by atoms with Crippen LogP contribution in [0.3, 0.4) is 0 Å². The molecule has 13 aromatic rings. The van der Waals surface area contributed by atoms with Crippen molar-refractivity contribution in [2.75, 3.05) is 0 Å². The lowest BCUT2D eigenvalue weighted by Crippen LogP contribution is -2.33. The molecule has 0 amide bonds. The average Bonchev–Trinajstić information content (AvgIpc) is 4.21. The van der Waals surface area contributed by atoms with E-state index in [1.165, 1.54) is 77.1 Å². The first-order chi connectivity index (χ1) is 35.2. The Morgan fingerprint density at radius 3 is 1.49 bits per heavy atom. The van der Waals surface area contributed by atoms with Crippen LogP contribution < -0.4 is 4.74 Å². The zero-order chi connectivity index (χ0) is 46.2. The molecule has 5 nitrogen and oxygen atoms in total. The van der Waals surface area contributed by atoms with Crippen molar-refractivity contribution in [3.63, 3.8) is 0 Å². The van der Waals surface area contributed by atoms with Crippen LogP contribution in [0.2, 0.25) is 0 Å². The molecule has 1 unspecified atom stereocenters. The van der Waals surface area contributed by atoms with Gasteiger partial charge in [-0.1, -0.05) is 152 Å². The van der Waals surface area contributed by atoms with E-state index in [1.54, 1.807) is 0 Å². The number of pyridine rings is 2. The number of hydrogen-bond donors (Lipinski definition) is 0. The molecule has 4 aliphatic rings. The van der Waals surface area contributed by atoms with Gasteiger partial charge in [-0.2, -0.15) is 0 Å². The summed E-state index contributed by atoms with van der Waals surface area (Å²) in [7, 11) is 0. The third-order valence-electron chi connectivity index (χ3n) is 16.5. The molecule has 0 saturated carbocycles. The monoisotopic (exact) mass is 902 g/mol. The molecule has 0 saturated heterocycles. The summed E-state index contributed by atoms with van der Waals surface area (Å²) in [5, 5.41) is 4.86. The van der Waals surface area contributed by atoms with Gasteiger partial charge in [0.25, 0.3) is 0 Å². The lowest BCUT2D eigenvalue weighted by atomic mass is 9.65. The topological polar surface area (TPSA) is 44.9 Å². The number of fused-ring (bicyclic) bond motifs is 25. The van der Waals surface area contributed by atoms with E-state index in [1.807, 2.05) is 12.4 Å². The average molecular weight is 903 g/mol. The Morgan fingerprint density at radius 2 is 0.817 bits per heavy atom. The van der Waals surface area contributed by atoms with Gasteiger partial charge in [0.05, 0.1) is 56.2 Å². The molecule has 1 aliphatic heterocycles. The van der Waals surface area contributed by atoms with Crippen LogP contribution in [-0.4, -0.2) is 19.1 Å². The summed E-state index contributed by atoms with van der Waals surface area (Å²) in [4.78, 5) is 10.6. The molecule has 3 aliphatic carbocycles. The van der Waals surface area contributed by atoms with Gasteiger partial charge in [-0.05, 0) is 117 Å². The first-order valence-corrected chi connectivity index (χ1v) is 24.5. The van der Waals surface area contributed by atoms with Gasteiger partial charge in [0.2, 0.25) is 0 Å². The Balaban J connectivity index is 0.934. The molecule has 1 atom stereocenters. The SMILES string of the molecule is c1ccc2c(c1)Oc1cc3c(cc1C21c2cccnc2-c2ncc(-n4c5ccccc5c5cc(-n6c7ccccc7c7ccccc76)ccc54)cc21)-c1ccccc1C31c2ccccc2-c2ccccc21. The molecule has 5 heteroatoms. The Kier molecular flexibility index (Phi) is 7.03. The van der Waals surface area contributed by atoms with Gasteiger partial charge < -0.3 is 13.9 Å². The van der Waals surface area contributed by atoms with Crippen molar-refractivity contribution in [2.24, 2.45) is 0 Å². The number of benzene rings is 9. The van der Waals surface area contributed by atoms with Crippen molar-refractivity contribution >= 4 is 43.6 Å². The minimum absolute atomic E-state index is 0.513. The molecule has 0 radical (unpaired) electrons. The lowest BCUT2D eigenvalue weighted by molar-refractivity contribution is 0.435. The summed E-state index contributed by atoms with van der Waals surface area (Å²) < 4.78 is 12.1. The molecule has 71 heavy (non-hydrogen) atoms. The van der Waals surface area contributed by atoms with Crippen molar-refractivity contribution in [3.05, 3.63) is 275 Å². The van der Waals surface area contributed by atoms with E-state index in [2.05, 4.69) is 228 Å². The van der Waals surface area contributed by atoms with Gasteiger partial charge in [-0.3, -0.25) is 9.97 Å². The minimum atomic E-state index is -0.806. The summed E-state index contributed by atoms with van der Waals surface area (Å²) in [6, 6.07) is 80.4. The number of ether oxygens (including phenoxy) is 1. The van der Waals surface area contributed by atoms with Crippen LogP contribution >= 0.6 is 0 Å². The highest BCUT2D eigenvalue weighted by Crippen LogP contribution is 2.67. The fourth-order valence-electron chi connectivity index (χ4n) is 13.9. The van der Waals surface area contributed by atoms with E-state index in [4.69, 9.17) is 14.7 Å². The molecule has 328 valence electrons. The maximum absolute atomic E-state index is 7.26. The molecule has 0 bridgehead atoms. The van der Waals surface area contributed by atoms with Crippen LogP contribution in [0.25, 0.3) is 88.6 Å². The Hall–Kier alpha value is -9.32. The maximum atomic E-state index is 7.26. The first-order valence-electron chi connectivity index (χ1n) is 24.5. The normalized spacial score (nSPS) is 15.9. The summed E-state index contributed by atoms with van der Waals surface area (Å²) in [6.45, 7) is 0. The van der Waals surface area contributed by atoms with E-state index < -0.39 is 10.8 Å². The van der Waals surface area contributed by atoms with Gasteiger partial charge in [-0.25, -0.2) is 0 Å². The predicted octanol–water partition coefficient (Wildman–Crippen LogP) is 15.5. The third kappa shape index (κ3) is 4.45. The quantitative estimate of drug-likeness (QED) is 0.174. The van der Waals surface area contributed by atoms with Crippen LogP contribution in [0.5, 0.6) is 11.5 Å². The number of rotatable bonds is 2. The molecule has 0 N–H and O–H groups in total. The maximum Gasteiger partial charge on any atom is 0.132 e. The van der Waals surface area contributed by atoms with E-state index >= 15 is 0 Å². The fourth-order valence-corrected chi connectivity index (χ4v) is 13.9. The van der Waals surface area contributed by atoms with Crippen molar-refractivity contribution < 1.29 is 4.74 Å². The van der Waals surface area contributed by atoms with Gasteiger partial charge >= 0.3 is 0 Å². The first kappa shape index (κ1) is 37.6. The summed E-state index contributed by atoms with van der Waals surface area (Å²) in [5.74, 6) is 1.68. The van der Waals surface area contributed by atoms with Crippen LogP contribution in [0.15, 0.2) is 231 Å². The van der Waals surface area contributed by atoms with E-state index in [-0.39, 0.29) is 0 Å². The van der Waals surface area contributed by atoms with Crippen LogP contribution in [0.4, 0.5) is 0 Å². The smallest absolute Gasteiger partial charge is 0.132 e. The van der Waals surface area contributed by atoms with Gasteiger partial charge in [0.15, 0.2) is 0 Å². The van der Waals surface area contributed by atoms with E-state index in [0.717, 1.165) is 67.5 Å². The van der Waals surface area contributed by atoms with Crippen molar-refractivity contribution in [3.8, 4) is 56.5 Å². The highest BCUT2D eigenvalue weighted by molar-refractivity contribution is 6.12. The van der Waals surface area contributed by atoms with Gasteiger partial charge in [0, 0.05) is 50.1 Å². The second-order valence-corrected chi connectivity index (χ2v) is 19.5. The van der Waals surface area contributed by atoms with E-state index in [9.17, 15) is 0 Å². The molecule has 5 heterocycles. The number of aromatic nitrogens is 4. The molecule has 9 aromatic carbocycles. The molecular formula is C66H38N4O. The number of hydrogen-bond acceptors (Lipinski definition) is 3. The second-order valence-electron chi connectivity index (χ2n) is 19.5. The predicted molar refractivity (Wildman–Crippen MR) is 284 cm³/mol. The third-order valence-corrected chi connectivity index (χ3v) is 16.5. The van der Waals surface area contributed by atoms with E-state index in [0.29, 0.717) is 0 Å². The summed E-state index contributed by atoms with van der Waals surface area (Å²) in [5.41, 5.74) is 21.7. The number of para-hydroxylation sites is 4. The largest absolute Gasteiger partial charge is 0.457 e. The molecule has 2 spiro atoms. The standard InChI is InChI=1S/C66H38N4O/c1-7-22-49-41(16-1)42-17-2-8-23-50(42)65(49)51-24-9-3-18-43(51)47-36-55-62(37-54(47)65)71-61-30-14-10-25-52(61)66(55)53-26-15-33-67-63(53)64-56(66)35-40(38-68-64)70-59-29-13-6-21-46(59)48-34-39(31-32-60(48)70)69-57-27-11-4-19-44(57)45-20-5-12-28-58(45)69/h1-38H. The fraction of sp³-hybridized carbons (Fsp3) is 0.0303. The van der Waals surface area contributed by atoms with Crippen molar-refractivity contribution in [1.82, 2.24) is 19.1 Å². The Bertz CT molecular complexity index is 4440. The molecule has 4 aromatic heterocycles. The van der Waals surface area contributed by atoms with Crippen LogP contribution in [0, 0.1) is 0 Å². The van der Waals surface area contributed by atoms with Crippen molar-refractivity contribution in [2.45, 2.75) is 10.8 Å². The Labute approximate surface area is 408 Å². The highest BCUT2D eigenvalue weighted by Gasteiger charge is 2.56. The second kappa shape index (κ2) is 13.3. The van der Waals surface area contributed by atoms with Gasteiger partial charge in [-0.15, -0.1) is 0 Å². The number of nitrogens with zero attached hydrogens (tertiary/aromatic N) is 4. The molecule has 17 rings (SSSR count). The van der Waals surface area contributed by atoms with Crippen molar-refractivity contribution in [1.29, 1.82) is 0 Å². The van der Waals surface area contributed by atoms with Gasteiger partial charge in [0.1, 0.15) is 11.5 Å². The Morgan fingerprint density at radius 1 is 0.310 bits per heavy atom. The van der Waals surface area contributed by atoms with Crippen LogP contribution in [-0.2, 0) is 10.8 Å². The summed E-state index contributed by atoms with van der Waals surface area (Å²) >= 11 is 0. The molecule has 0 fully saturated rings. The minimum Gasteiger partial charge on any atom is -0.457 e.